The number of benzene rings is 2. The highest BCUT2D eigenvalue weighted by atomic mass is 19.4. The molecule has 3 rings (SSSR count). The fraction of sp³-hybridized carbons (Fsp3) is 0.435. The Kier molecular flexibility index (Phi) is 8.06. The molecule has 1 amide bonds. The van der Waals surface area contributed by atoms with Crippen LogP contribution in [0.5, 0.6) is 0 Å². The first-order chi connectivity index (χ1) is 14.8. The van der Waals surface area contributed by atoms with Crippen LogP contribution in [-0.2, 0) is 24.4 Å². The predicted octanol–water partition coefficient (Wildman–Crippen LogP) is 3.44. The quantitative estimate of drug-likeness (QED) is 0.690. The summed E-state index contributed by atoms with van der Waals surface area (Å²) in [6.07, 6.45) is -4.34. The van der Waals surface area contributed by atoms with Crippen LogP contribution >= 0.6 is 0 Å². The van der Waals surface area contributed by atoms with E-state index in [9.17, 15) is 18.0 Å². The smallest absolute Gasteiger partial charge is 0.367 e. The van der Waals surface area contributed by atoms with Crippen molar-refractivity contribution in [2.45, 2.75) is 25.9 Å². The minimum Gasteiger partial charge on any atom is -0.367 e. The van der Waals surface area contributed by atoms with E-state index >= 15 is 0 Å². The normalized spacial score (nSPS) is 15.7. The van der Waals surface area contributed by atoms with Gasteiger partial charge in [-0.15, -0.1) is 0 Å². The molecular formula is C23H28F3N3O2. The summed E-state index contributed by atoms with van der Waals surface area (Å²) in [7, 11) is 2.14. The number of hydrogen-bond acceptors (Lipinski definition) is 4. The van der Waals surface area contributed by atoms with Gasteiger partial charge >= 0.3 is 6.18 Å². The molecule has 0 atom stereocenters. The van der Waals surface area contributed by atoms with Crippen molar-refractivity contribution in [1.29, 1.82) is 0 Å². The molecule has 0 spiro atoms. The molecule has 1 N–H and O–H groups in total. The number of nitrogens with zero attached hydrogens (tertiary/aromatic N) is 2. The first kappa shape index (κ1) is 23.2. The van der Waals surface area contributed by atoms with Crippen molar-refractivity contribution in [2.24, 2.45) is 0 Å². The summed E-state index contributed by atoms with van der Waals surface area (Å²) < 4.78 is 41.0. The molecule has 0 aliphatic carbocycles. The average Bonchev–Trinajstić information content (AvgIpc) is 2.74. The molecule has 0 bridgehead atoms. The van der Waals surface area contributed by atoms with E-state index in [4.69, 9.17) is 0 Å². The van der Waals surface area contributed by atoms with E-state index < -0.39 is 12.8 Å². The molecule has 31 heavy (non-hydrogen) atoms. The second-order valence-electron chi connectivity index (χ2n) is 7.88. The van der Waals surface area contributed by atoms with Gasteiger partial charge in [-0.1, -0.05) is 36.4 Å². The second-order valence-corrected chi connectivity index (χ2v) is 7.88. The maximum atomic E-state index is 12.3. The van der Waals surface area contributed by atoms with Gasteiger partial charge in [0.15, 0.2) is 0 Å². The Bertz CT molecular complexity index is 831. The lowest BCUT2D eigenvalue weighted by molar-refractivity contribution is -0.176. The van der Waals surface area contributed by atoms with Crippen molar-refractivity contribution >= 4 is 5.91 Å². The van der Waals surface area contributed by atoms with E-state index in [-0.39, 0.29) is 12.5 Å². The Hall–Kier alpha value is -2.42. The van der Waals surface area contributed by atoms with E-state index in [0.717, 1.165) is 38.3 Å². The number of alkyl halides is 3. The number of piperazine rings is 1. The van der Waals surface area contributed by atoms with Crippen LogP contribution in [-0.4, -0.2) is 61.7 Å². The zero-order valence-electron chi connectivity index (χ0n) is 17.6. The number of ether oxygens (including phenoxy) is 1. The first-order valence-electron chi connectivity index (χ1n) is 10.3. The lowest BCUT2D eigenvalue weighted by atomic mass is 10.1. The molecule has 8 heteroatoms. The molecule has 1 aliphatic rings. The van der Waals surface area contributed by atoms with Gasteiger partial charge in [0.2, 0.25) is 0 Å². The Morgan fingerprint density at radius 1 is 0.935 bits per heavy atom. The predicted molar refractivity (Wildman–Crippen MR) is 113 cm³/mol. The van der Waals surface area contributed by atoms with Crippen LogP contribution in [0.1, 0.15) is 27.0 Å². The summed E-state index contributed by atoms with van der Waals surface area (Å²) in [5, 5.41) is 2.87. The molecule has 2 aromatic rings. The van der Waals surface area contributed by atoms with Crippen LogP contribution in [0.15, 0.2) is 48.5 Å². The number of rotatable bonds is 8. The maximum absolute atomic E-state index is 12.3. The molecule has 1 saturated heterocycles. The fourth-order valence-electron chi connectivity index (χ4n) is 3.35. The number of hydrogen-bond donors (Lipinski definition) is 1. The molecule has 5 nitrogen and oxygen atoms in total. The summed E-state index contributed by atoms with van der Waals surface area (Å²) in [6.45, 7) is 4.22. The molecule has 0 radical (unpaired) electrons. The van der Waals surface area contributed by atoms with Gasteiger partial charge in [-0.05, 0) is 35.9 Å². The number of carbonyl (C=O) groups excluding carboxylic acids is 1. The number of halogens is 3. The van der Waals surface area contributed by atoms with E-state index in [0.29, 0.717) is 17.7 Å². The van der Waals surface area contributed by atoms with E-state index in [2.05, 4.69) is 39.0 Å². The number of amides is 1. The van der Waals surface area contributed by atoms with Crippen LogP contribution < -0.4 is 5.32 Å². The van der Waals surface area contributed by atoms with E-state index in [1.54, 1.807) is 24.3 Å². The third kappa shape index (κ3) is 7.97. The lowest BCUT2D eigenvalue weighted by Crippen LogP contribution is -2.43. The SMILES string of the molecule is CN1CCN(Cc2ccc(CNC(=O)c3ccc(COCC(F)(F)F)cc3)cc2)CC1. The van der Waals surface area contributed by atoms with Crippen molar-refractivity contribution in [2.75, 3.05) is 39.8 Å². The Morgan fingerprint density at radius 2 is 1.52 bits per heavy atom. The molecule has 0 saturated carbocycles. The molecule has 1 heterocycles. The maximum Gasteiger partial charge on any atom is 0.411 e. The van der Waals surface area contributed by atoms with Gasteiger partial charge in [-0.25, -0.2) is 0 Å². The summed E-state index contributed by atoms with van der Waals surface area (Å²) in [5.74, 6) is -0.232. The van der Waals surface area contributed by atoms with Crippen molar-refractivity contribution in [3.63, 3.8) is 0 Å². The highest BCUT2D eigenvalue weighted by Crippen LogP contribution is 2.16. The van der Waals surface area contributed by atoms with Crippen molar-refractivity contribution in [3.05, 3.63) is 70.8 Å². The molecule has 168 valence electrons. The Balaban J connectivity index is 1.42. The summed E-state index contributed by atoms with van der Waals surface area (Å²) in [5.41, 5.74) is 3.29. The molecule has 1 aliphatic heterocycles. The fourth-order valence-corrected chi connectivity index (χ4v) is 3.35. The standard InChI is InChI=1S/C23H28F3N3O2/c1-28-10-12-29(13-11-28)15-19-4-2-18(3-5-19)14-27-22(30)21-8-6-20(7-9-21)16-31-17-23(24,25)26/h2-9H,10-17H2,1H3,(H,27,30). The average molecular weight is 435 g/mol. The van der Waals surface area contributed by atoms with Crippen LogP contribution in [0, 0.1) is 0 Å². The Labute approximate surface area is 180 Å². The zero-order chi connectivity index (χ0) is 22.3. The molecular weight excluding hydrogens is 407 g/mol. The topological polar surface area (TPSA) is 44.8 Å². The van der Waals surface area contributed by atoms with Gasteiger partial charge in [0, 0.05) is 44.8 Å². The van der Waals surface area contributed by atoms with Gasteiger partial charge in [-0.2, -0.15) is 13.2 Å². The van der Waals surface area contributed by atoms with Gasteiger partial charge in [0.1, 0.15) is 6.61 Å². The number of carbonyl (C=O) groups is 1. The minimum absolute atomic E-state index is 0.151. The third-order valence-corrected chi connectivity index (χ3v) is 5.23. The second kappa shape index (κ2) is 10.7. The number of likely N-dealkylation sites (N-methyl/N-ethyl adjacent to an activating group) is 1. The van der Waals surface area contributed by atoms with Crippen molar-refractivity contribution < 1.29 is 22.7 Å². The highest BCUT2D eigenvalue weighted by molar-refractivity contribution is 5.94. The first-order valence-corrected chi connectivity index (χ1v) is 10.3. The van der Waals surface area contributed by atoms with Crippen LogP contribution in [0.2, 0.25) is 0 Å². The van der Waals surface area contributed by atoms with Gasteiger partial charge in [0.25, 0.3) is 5.91 Å². The number of nitrogens with one attached hydrogen (secondary N) is 1. The zero-order valence-corrected chi connectivity index (χ0v) is 17.6. The molecule has 2 aromatic carbocycles. The van der Waals surface area contributed by atoms with E-state index in [1.165, 1.54) is 5.56 Å². The van der Waals surface area contributed by atoms with Crippen LogP contribution in [0.3, 0.4) is 0 Å². The largest absolute Gasteiger partial charge is 0.411 e. The van der Waals surface area contributed by atoms with Crippen molar-refractivity contribution in [3.8, 4) is 0 Å². The van der Waals surface area contributed by atoms with Crippen molar-refractivity contribution in [1.82, 2.24) is 15.1 Å². The van der Waals surface area contributed by atoms with Crippen LogP contribution in [0.4, 0.5) is 13.2 Å². The van der Waals surface area contributed by atoms with Gasteiger partial charge in [0.05, 0.1) is 6.61 Å². The molecule has 0 aromatic heterocycles. The third-order valence-electron chi connectivity index (χ3n) is 5.23. The summed E-state index contributed by atoms with van der Waals surface area (Å²) >= 11 is 0. The molecule has 1 fully saturated rings. The van der Waals surface area contributed by atoms with E-state index in [1.807, 2.05) is 12.1 Å². The van der Waals surface area contributed by atoms with Crippen LogP contribution in [0.25, 0.3) is 0 Å². The summed E-state index contributed by atoms with van der Waals surface area (Å²) in [6, 6.07) is 14.6. The monoisotopic (exact) mass is 435 g/mol. The van der Waals surface area contributed by atoms with Gasteiger partial charge < -0.3 is 15.0 Å². The lowest BCUT2D eigenvalue weighted by Gasteiger charge is -2.32. The highest BCUT2D eigenvalue weighted by Gasteiger charge is 2.27. The minimum atomic E-state index is -4.34. The molecule has 0 unspecified atom stereocenters. The van der Waals surface area contributed by atoms with Gasteiger partial charge in [-0.3, -0.25) is 9.69 Å². The Morgan fingerprint density at radius 3 is 2.13 bits per heavy atom. The summed E-state index contributed by atoms with van der Waals surface area (Å²) in [4.78, 5) is 17.1.